The van der Waals surface area contributed by atoms with E-state index < -0.39 is 0 Å². The fraction of sp³-hybridized carbons (Fsp3) is 0.308. The van der Waals surface area contributed by atoms with Crippen LogP contribution in [0, 0.1) is 0 Å². The topological polar surface area (TPSA) is 61.3 Å². The van der Waals surface area contributed by atoms with Crippen LogP contribution in [-0.4, -0.2) is 29.7 Å². The molecule has 2 rings (SSSR count). The summed E-state index contributed by atoms with van der Waals surface area (Å²) in [6, 6.07) is 3.67. The molecule has 100 valence electrons. The Hall–Kier alpha value is -1.95. The van der Waals surface area contributed by atoms with Gasteiger partial charge >= 0.3 is 5.97 Å². The predicted molar refractivity (Wildman–Crippen MR) is 72.2 cm³/mol. The molecule has 6 heteroatoms. The third-order valence-corrected chi connectivity index (χ3v) is 3.32. The lowest BCUT2D eigenvalue weighted by Crippen LogP contribution is -2.07. The van der Waals surface area contributed by atoms with Crippen LogP contribution >= 0.6 is 11.3 Å². The van der Waals surface area contributed by atoms with Crippen molar-refractivity contribution in [2.45, 2.75) is 13.3 Å². The minimum atomic E-state index is -0.257. The quantitative estimate of drug-likeness (QED) is 0.785. The van der Waals surface area contributed by atoms with E-state index in [1.807, 2.05) is 11.4 Å². The Morgan fingerprint density at radius 1 is 1.42 bits per heavy atom. The molecule has 0 aliphatic carbocycles. The second kappa shape index (κ2) is 6.29. The molecule has 5 nitrogen and oxygen atoms in total. The van der Waals surface area contributed by atoms with Gasteiger partial charge in [-0.2, -0.15) is 0 Å². The van der Waals surface area contributed by atoms with Gasteiger partial charge in [-0.3, -0.25) is 4.79 Å². The van der Waals surface area contributed by atoms with E-state index >= 15 is 0 Å². The van der Waals surface area contributed by atoms with Gasteiger partial charge in [0, 0.05) is 23.2 Å². The summed E-state index contributed by atoms with van der Waals surface area (Å²) in [5.74, 6) is 0.305. The van der Waals surface area contributed by atoms with E-state index in [1.54, 1.807) is 26.3 Å². The van der Waals surface area contributed by atoms with E-state index in [-0.39, 0.29) is 12.4 Å². The summed E-state index contributed by atoms with van der Waals surface area (Å²) in [5, 5.41) is 2.69. The first-order chi connectivity index (χ1) is 9.22. The lowest BCUT2D eigenvalue weighted by atomic mass is 10.3. The van der Waals surface area contributed by atoms with Gasteiger partial charge in [0.1, 0.15) is 5.01 Å². The van der Waals surface area contributed by atoms with Crippen LogP contribution in [0.2, 0.25) is 0 Å². The van der Waals surface area contributed by atoms with Crippen molar-refractivity contribution in [1.82, 2.24) is 9.97 Å². The summed E-state index contributed by atoms with van der Waals surface area (Å²) in [6.07, 6.45) is 1.90. The number of esters is 1. The van der Waals surface area contributed by atoms with Crippen LogP contribution in [0.5, 0.6) is 5.88 Å². The second-order valence-electron chi connectivity index (χ2n) is 3.72. The maximum atomic E-state index is 11.4. The summed E-state index contributed by atoms with van der Waals surface area (Å²) < 4.78 is 9.89. The zero-order valence-electron chi connectivity index (χ0n) is 10.8. The van der Waals surface area contributed by atoms with Crippen molar-refractivity contribution in [3.8, 4) is 16.5 Å². The minimum Gasteiger partial charge on any atom is -0.481 e. The van der Waals surface area contributed by atoms with E-state index in [1.165, 1.54) is 11.3 Å². The Morgan fingerprint density at radius 3 is 2.89 bits per heavy atom. The van der Waals surface area contributed by atoms with Gasteiger partial charge < -0.3 is 9.47 Å². The molecule has 2 aromatic rings. The van der Waals surface area contributed by atoms with E-state index in [9.17, 15) is 4.79 Å². The lowest BCUT2D eigenvalue weighted by Gasteiger charge is -1.99. The van der Waals surface area contributed by atoms with E-state index in [0.717, 1.165) is 10.6 Å². The van der Waals surface area contributed by atoms with Gasteiger partial charge in [0.25, 0.3) is 0 Å². The first-order valence-corrected chi connectivity index (χ1v) is 6.71. The molecule has 0 fully saturated rings. The Balaban J connectivity index is 2.09. The molecule has 0 aliphatic rings. The van der Waals surface area contributed by atoms with Crippen molar-refractivity contribution < 1.29 is 14.3 Å². The molecule has 0 bridgehead atoms. The van der Waals surface area contributed by atoms with E-state index in [2.05, 4.69) is 9.97 Å². The van der Waals surface area contributed by atoms with Crippen molar-refractivity contribution >= 4 is 17.3 Å². The number of hydrogen-bond donors (Lipinski definition) is 0. The fourth-order valence-electron chi connectivity index (χ4n) is 1.51. The molecule has 0 saturated heterocycles. The van der Waals surface area contributed by atoms with Crippen LogP contribution in [0.1, 0.15) is 12.6 Å². The summed E-state index contributed by atoms with van der Waals surface area (Å²) in [4.78, 5) is 19.9. The standard InChI is InChI=1S/C13H14N2O3S/c1-3-18-12(16)6-10-8-19-13(15-10)9-4-5-11(17-2)14-7-9/h4-5,7-8H,3,6H2,1-2H3. The molecule has 19 heavy (non-hydrogen) atoms. The SMILES string of the molecule is CCOC(=O)Cc1csc(-c2ccc(OC)nc2)n1. The van der Waals surface area contributed by atoms with Crippen molar-refractivity contribution in [2.75, 3.05) is 13.7 Å². The third-order valence-electron chi connectivity index (χ3n) is 2.37. The molecule has 0 N–H and O–H groups in total. The maximum Gasteiger partial charge on any atom is 0.311 e. The van der Waals surface area contributed by atoms with Crippen LogP contribution in [0.3, 0.4) is 0 Å². The highest BCUT2D eigenvalue weighted by atomic mass is 32.1. The normalized spacial score (nSPS) is 10.2. The van der Waals surface area contributed by atoms with Crippen molar-refractivity contribution in [2.24, 2.45) is 0 Å². The smallest absolute Gasteiger partial charge is 0.311 e. The molecule has 0 amide bonds. The Kier molecular flexibility index (Phi) is 4.46. The first-order valence-electron chi connectivity index (χ1n) is 5.83. The van der Waals surface area contributed by atoms with E-state index in [4.69, 9.17) is 9.47 Å². The highest BCUT2D eigenvalue weighted by molar-refractivity contribution is 7.13. The average Bonchev–Trinajstić information content (AvgIpc) is 2.87. The van der Waals surface area contributed by atoms with Crippen LogP contribution in [0.15, 0.2) is 23.7 Å². The second-order valence-corrected chi connectivity index (χ2v) is 4.57. The molecule has 0 saturated carbocycles. The molecule has 0 atom stereocenters. The van der Waals surface area contributed by atoms with Crippen LogP contribution < -0.4 is 4.74 Å². The molecular weight excluding hydrogens is 264 g/mol. The molecule has 0 unspecified atom stereocenters. The fourth-order valence-corrected chi connectivity index (χ4v) is 2.32. The number of methoxy groups -OCH3 is 1. The number of rotatable bonds is 5. The van der Waals surface area contributed by atoms with Gasteiger partial charge in [0.05, 0.1) is 25.8 Å². The van der Waals surface area contributed by atoms with Gasteiger partial charge in [0.2, 0.25) is 5.88 Å². The van der Waals surface area contributed by atoms with Crippen molar-refractivity contribution in [3.63, 3.8) is 0 Å². The number of carbonyl (C=O) groups is 1. The van der Waals surface area contributed by atoms with Crippen LogP contribution in [-0.2, 0) is 16.0 Å². The van der Waals surface area contributed by atoms with E-state index in [0.29, 0.717) is 18.2 Å². The summed E-state index contributed by atoms with van der Waals surface area (Å²) in [7, 11) is 1.57. The highest BCUT2D eigenvalue weighted by Crippen LogP contribution is 2.24. The van der Waals surface area contributed by atoms with Crippen molar-refractivity contribution in [1.29, 1.82) is 0 Å². The first kappa shape index (κ1) is 13.5. The summed E-state index contributed by atoms with van der Waals surface area (Å²) in [5.41, 5.74) is 1.62. The number of thiazole rings is 1. The number of hydrogen-bond acceptors (Lipinski definition) is 6. The molecule has 0 aromatic carbocycles. The van der Waals surface area contributed by atoms with Crippen molar-refractivity contribution in [3.05, 3.63) is 29.4 Å². The molecule has 0 aliphatic heterocycles. The monoisotopic (exact) mass is 278 g/mol. The molecule has 2 heterocycles. The van der Waals surface area contributed by atoms with Gasteiger partial charge in [-0.25, -0.2) is 9.97 Å². The zero-order valence-corrected chi connectivity index (χ0v) is 11.6. The summed E-state index contributed by atoms with van der Waals surface area (Å²) in [6.45, 7) is 2.17. The van der Waals surface area contributed by atoms with Gasteiger partial charge in [0.15, 0.2) is 0 Å². The number of nitrogens with zero attached hydrogens (tertiary/aromatic N) is 2. The number of carbonyl (C=O) groups excluding carboxylic acids is 1. The number of pyridine rings is 1. The Bertz CT molecular complexity index is 551. The largest absolute Gasteiger partial charge is 0.481 e. The highest BCUT2D eigenvalue weighted by Gasteiger charge is 2.09. The molecule has 2 aromatic heterocycles. The zero-order chi connectivity index (χ0) is 13.7. The Morgan fingerprint density at radius 2 is 2.26 bits per heavy atom. The average molecular weight is 278 g/mol. The van der Waals surface area contributed by atoms with Gasteiger partial charge in [-0.1, -0.05) is 0 Å². The number of ether oxygens (including phenoxy) is 2. The lowest BCUT2D eigenvalue weighted by molar-refractivity contribution is -0.142. The third kappa shape index (κ3) is 3.51. The predicted octanol–water partition coefficient (Wildman–Crippen LogP) is 2.32. The van der Waals surface area contributed by atoms with Gasteiger partial charge in [-0.05, 0) is 13.0 Å². The molecule has 0 radical (unpaired) electrons. The molecular formula is C13H14N2O3S. The van der Waals surface area contributed by atoms with Crippen LogP contribution in [0.25, 0.3) is 10.6 Å². The van der Waals surface area contributed by atoms with Crippen LogP contribution in [0.4, 0.5) is 0 Å². The summed E-state index contributed by atoms with van der Waals surface area (Å²) >= 11 is 1.48. The van der Waals surface area contributed by atoms with Gasteiger partial charge in [-0.15, -0.1) is 11.3 Å². The Labute approximate surface area is 115 Å². The maximum absolute atomic E-state index is 11.4. The minimum absolute atomic E-state index is 0.202. The molecule has 0 spiro atoms. The number of aromatic nitrogens is 2.